The lowest BCUT2D eigenvalue weighted by atomic mass is 10.1. The zero-order valence-electron chi connectivity index (χ0n) is 13.6. The minimum Gasteiger partial charge on any atom is -0.487 e. The van der Waals surface area contributed by atoms with E-state index in [-0.39, 0.29) is 12.0 Å². The molecule has 0 saturated carbocycles. The Balaban J connectivity index is 1.36. The van der Waals surface area contributed by atoms with Crippen LogP contribution >= 0.6 is 11.3 Å². The van der Waals surface area contributed by atoms with Crippen molar-refractivity contribution >= 4 is 17.2 Å². The Labute approximate surface area is 149 Å². The van der Waals surface area contributed by atoms with Crippen LogP contribution in [0.4, 0.5) is 0 Å². The average molecular weight is 352 g/mol. The molecular formula is C18H16N4O2S. The first-order valence-electron chi connectivity index (χ1n) is 7.94. The summed E-state index contributed by atoms with van der Waals surface area (Å²) in [5.74, 6) is 1.30. The minimum atomic E-state index is -0.0810. The van der Waals surface area contributed by atoms with Gasteiger partial charge in [0.15, 0.2) is 10.8 Å². The summed E-state index contributed by atoms with van der Waals surface area (Å²) in [5, 5.41) is 2.40. The van der Waals surface area contributed by atoms with Crippen molar-refractivity contribution in [2.45, 2.75) is 13.0 Å². The molecule has 0 atom stereocenters. The van der Waals surface area contributed by atoms with Crippen molar-refractivity contribution in [2.24, 2.45) is 0 Å². The van der Waals surface area contributed by atoms with Gasteiger partial charge >= 0.3 is 0 Å². The van der Waals surface area contributed by atoms with Crippen LogP contribution in [0.25, 0.3) is 10.8 Å². The zero-order valence-corrected chi connectivity index (χ0v) is 14.4. The summed E-state index contributed by atoms with van der Waals surface area (Å²) in [6.45, 7) is 3.17. The second-order valence-corrected chi connectivity index (χ2v) is 6.73. The second kappa shape index (κ2) is 6.60. The Hall–Kier alpha value is -2.80. The van der Waals surface area contributed by atoms with E-state index in [1.165, 1.54) is 11.3 Å². The van der Waals surface area contributed by atoms with Crippen LogP contribution in [0.2, 0.25) is 0 Å². The van der Waals surface area contributed by atoms with Crippen molar-refractivity contribution in [3.05, 3.63) is 59.4 Å². The van der Waals surface area contributed by atoms with E-state index in [2.05, 4.69) is 15.0 Å². The lowest BCUT2D eigenvalue weighted by molar-refractivity contribution is 0.0174. The van der Waals surface area contributed by atoms with Crippen molar-refractivity contribution in [1.29, 1.82) is 0 Å². The number of carbonyl (C=O) groups is 1. The fourth-order valence-electron chi connectivity index (χ4n) is 2.61. The van der Waals surface area contributed by atoms with E-state index >= 15 is 0 Å². The number of carbonyl (C=O) groups excluding carboxylic acids is 1. The smallest absolute Gasteiger partial charge is 0.273 e. The molecule has 0 spiro atoms. The number of nitrogens with zero attached hydrogens (tertiary/aromatic N) is 4. The highest BCUT2D eigenvalue weighted by Crippen LogP contribution is 2.24. The van der Waals surface area contributed by atoms with Gasteiger partial charge in [-0.05, 0) is 30.7 Å². The van der Waals surface area contributed by atoms with Crippen LogP contribution in [-0.2, 0) is 0 Å². The number of hydrogen-bond donors (Lipinski definition) is 0. The van der Waals surface area contributed by atoms with Crippen molar-refractivity contribution in [3.8, 4) is 16.6 Å². The first-order chi connectivity index (χ1) is 12.2. The topological polar surface area (TPSA) is 68.2 Å². The molecule has 4 rings (SSSR count). The molecule has 1 amide bonds. The number of rotatable bonds is 4. The molecule has 126 valence electrons. The largest absolute Gasteiger partial charge is 0.487 e. The minimum absolute atomic E-state index is 0.0290. The van der Waals surface area contributed by atoms with Gasteiger partial charge in [-0.1, -0.05) is 12.1 Å². The molecule has 0 radical (unpaired) electrons. The highest BCUT2D eigenvalue weighted by Gasteiger charge is 2.34. The number of benzene rings is 1. The van der Waals surface area contributed by atoms with Crippen LogP contribution in [0.15, 0.2) is 48.1 Å². The molecule has 1 aromatic carbocycles. The molecule has 0 unspecified atom stereocenters. The first kappa shape index (κ1) is 15.7. The summed E-state index contributed by atoms with van der Waals surface area (Å²) < 4.78 is 5.89. The van der Waals surface area contributed by atoms with Crippen LogP contribution in [-0.4, -0.2) is 45.0 Å². The van der Waals surface area contributed by atoms with E-state index in [0.29, 0.717) is 29.6 Å². The molecule has 0 bridgehead atoms. The molecule has 6 nitrogen and oxygen atoms in total. The van der Waals surface area contributed by atoms with Gasteiger partial charge in [-0.25, -0.2) is 15.0 Å². The van der Waals surface area contributed by atoms with E-state index in [1.807, 2.05) is 31.2 Å². The summed E-state index contributed by atoms with van der Waals surface area (Å²) in [7, 11) is 0. The van der Waals surface area contributed by atoms with Crippen LogP contribution in [0.3, 0.4) is 0 Å². The Morgan fingerprint density at radius 2 is 2.04 bits per heavy atom. The maximum atomic E-state index is 12.5. The molecule has 7 heteroatoms. The monoisotopic (exact) mass is 352 g/mol. The Kier molecular flexibility index (Phi) is 4.15. The lowest BCUT2D eigenvalue weighted by Crippen LogP contribution is -2.56. The van der Waals surface area contributed by atoms with E-state index in [9.17, 15) is 4.79 Å². The number of likely N-dealkylation sites (tertiary alicyclic amines) is 1. The normalized spacial score (nSPS) is 14.2. The van der Waals surface area contributed by atoms with E-state index in [4.69, 9.17) is 4.74 Å². The summed E-state index contributed by atoms with van der Waals surface area (Å²) in [5.41, 5.74) is 1.59. The van der Waals surface area contributed by atoms with Crippen LogP contribution in [0.5, 0.6) is 5.75 Å². The highest BCUT2D eigenvalue weighted by atomic mass is 32.1. The van der Waals surface area contributed by atoms with Crippen molar-refractivity contribution in [3.63, 3.8) is 0 Å². The lowest BCUT2D eigenvalue weighted by Gasteiger charge is -2.38. The van der Waals surface area contributed by atoms with E-state index < -0.39 is 0 Å². The summed E-state index contributed by atoms with van der Waals surface area (Å²) in [4.78, 5) is 26.9. The fourth-order valence-corrected chi connectivity index (χ4v) is 3.34. The van der Waals surface area contributed by atoms with Crippen LogP contribution < -0.4 is 4.74 Å². The number of ether oxygens (including phenoxy) is 1. The Bertz CT molecular complexity index is 891. The third-order valence-electron chi connectivity index (χ3n) is 3.91. The fraction of sp³-hybridized carbons (Fsp3) is 0.222. The van der Waals surface area contributed by atoms with E-state index in [1.54, 1.807) is 28.7 Å². The number of aryl methyl sites for hydroxylation is 1. The molecule has 0 N–H and O–H groups in total. The number of thiazole rings is 1. The molecule has 3 aromatic rings. The van der Waals surface area contributed by atoms with E-state index in [0.717, 1.165) is 11.3 Å². The van der Waals surface area contributed by atoms with Gasteiger partial charge in [-0.15, -0.1) is 11.3 Å². The van der Waals surface area contributed by atoms with Gasteiger partial charge in [0.2, 0.25) is 0 Å². The number of amides is 1. The molecule has 1 saturated heterocycles. The Morgan fingerprint density at radius 1 is 1.24 bits per heavy atom. The summed E-state index contributed by atoms with van der Waals surface area (Å²) in [6.07, 6.45) is 3.35. The SMILES string of the molecule is Cc1cccc(OC2CN(C(=O)c3csc(-c4ncccn4)n3)C2)c1. The molecule has 1 aliphatic rings. The van der Waals surface area contributed by atoms with Gasteiger partial charge < -0.3 is 9.64 Å². The average Bonchev–Trinajstić information content (AvgIpc) is 3.08. The Morgan fingerprint density at radius 3 is 2.80 bits per heavy atom. The molecule has 0 aliphatic carbocycles. The number of aromatic nitrogens is 3. The third kappa shape index (κ3) is 3.36. The van der Waals surface area contributed by atoms with Crippen molar-refractivity contribution < 1.29 is 9.53 Å². The quantitative estimate of drug-likeness (QED) is 0.722. The van der Waals surface area contributed by atoms with Gasteiger partial charge in [0.25, 0.3) is 5.91 Å². The maximum absolute atomic E-state index is 12.5. The first-order valence-corrected chi connectivity index (χ1v) is 8.82. The van der Waals surface area contributed by atoms with Gasteiger partial charge in [0, 0.05) is 17.8 Å². The predicted molar refractivity (Wildman–Crippen MR) is 94.6 cm³/mol. The second-order valence-electron chi connectivity index (χ2n) is 5.88. The van der Waals surface area contributed by atoms with Gasteiger partial charge in [-0.3, -0.25) is 4.79 Å². The molecule has 1 fully saturated rings. The van der Waals surface area contributed by atoms with Crippen molar-refractivity contribution in [2.75, 3.05) is 13.1 Å². The zero-order chi connectivity index (χ0) is 17.2. The standard InChI is InChI=1S/C18H16N4O2S/c1-12-4-2-5-13(8-12)24-14-9-22(10-14)18(23)15-11-25-17(21-15)16-19-6-3-7-20-16/h2-8,11,14H,9-10H2,1H3. The summed E-state index contributed by atoms with van der Waals surface area (Å²) >= 11 is 1.37. The molecule has 1 aliphatic heterocycles. The highest BCUT2D eigenvalue weighted by molar-refractivity contribution is 7.13. The molecular weight excluding hydrogens is 336 g/mol. The molecule has 2 aromatic heterocycles. The summed E-state index contributed by atoms with van der Waals surface area (Å²) in [6, 6.07) is 9.67. The molecule has 25 heavy (non-hydrogen) atoms. The predicted octanol–water partition coefficient (Wildman–Crippen LogP) is 2.81. The van der Waals surface area contributed by atoms with Gasteiger partial charge in [0.1, 0.15) is 17.5 Å². The molecule has 3 heterocycles. The van der Waals surface area contributed by atoms with Gasteiger partial charge in [0.05, 0.1) is 13.1 Å². The van der Waals surface area contributed by atoms with Crippen LogP contribution in [0, 0.1) is 6.92 Å². The maximum Gasteiger partial charge on any atom is 0.273 e. The van der Waals surface area contributed by atoms with Crippen LogP contribution in [0.1, 0.15) is 16.1 Å². The van der Waals surface area contributed by atoms with Gasteiger partial charge in [-0.2, -0.15) is 0 Å². The van der Waals surface area contributed by atoms with Crippen molar-refractivity contribution in [1.82, 2.24) is 19.9 Å². The number of hydrogen-bond acceptors (Lipinski definition) is 6. The third-order valence-corrected chi connectivity index (χ3v) is 4.75.